The lowest BCUT2D eigenvalue weighted by molar-refractivity contribution is -0.141. The van der Waals surface area contributed by atoms with E-state index in [-0.39, 0.29) is 29.6 Å². The Bertz CT molecular complexity index is 1530. The number of fused-ring (bicyclic) bond motifs is 1. The number of thioether (sulfide) groups is 1. The highest BCUT2D eigenvalue weighted by Crippen LogP contribution is 2.66. The molecule has 3 aliphatic rings. The monoisotopic (exact) mass is 633 g/mol. The summed E-state index contributed by atoms with van der Waals surface area (Å²) < 4.78 is 4.71. The maximum absolute atomic E-state index is 14.5. The number of nitrogens with one attached hydrogen (secondary N) is 2. The number of aryl methyl sites for hydroxylation is 1. The zero-order valence-corrected chi connectivity index (χ0v) is 26.2. The van der Waals surface area contributed by atoms with E-state index in [4.69, 9.17) is 16.3 Å². The number of rotatable bonds is 10. The molecular weight excluding hydrogens is 598 g/mol. The van der Waals surface area contributed by atoms with Crippen LogP contribution in [0.15, 0.2) is 72.8 Å². The quantitative estimate of drug-likeness (QED) is 0.279. The van der Waals surface area contributed by atoms with Gasteiger partial charge in [-0.3, -0.25) is 14.4 Å². The average molecular weight is 634 g/mol. The fourth-order valence-corrected chi connectivity index (χ4v) is 9.70. The van der Waals surface area contributed by atoms with E-state index in [1.165, 1.54) is 0 Å². The molecule has 2 unspecified atom stereocenters. The van der Waals surface area contributed by atoms with Crippen LogP contribution in [0.1, 0.15) is 30.9 Å². The summed E-state index contributed by atoms with van der Waals surface area (Å²) >= 11 is 8.08. The molecule has 3 saturated heterocycles. The number of halogens is 1. The number of hydrogen-bond donors (Lipinski definition) is 3. The molecule has 0 aliphatic carbocycles. The van der Waals surface area contributed by atoms with Crippen molar-refractivity contribution in [2.45, 2.75) is 55.2 Å². The first-order chi connectivity index (χ1) is 21.3. The van der Waals surface area contributed by atoms with Gasteiger partial charge in [-0.05, 0) is 74.6 Å². The van der Waals surface area contributed by atoms with Gasteiger partial charge in [-0.25, -0.2) is 0 Å². The average Bonchev–Trinajstić information content (AvgIpc) is 3.67. The third-order valence-corrected chi connectivity index (χ3v) is 11.4. The molecule has 230 valence electrons. The minimum atomic E-state index is -0.894. The summed E-state index contributed by atoms with van der Waals surface area (Å²) in [6, 6.07) is 20.6. The molecule has 3 aliphatic heterocycles. The fraction of sp³-hybridized carbons (Fsp3) is 0.382. The van der Waals surface area contributed by atoms with Gasteiger partial charge in [-0.2, -0.15) is 0 Å². The molecule has 6 atom stereocenters. The lowest BCUT2D eigenvalue weighted by Crippen LogP contribution is -2.55. The topological polar surface area (TPSA) is 108 Å². The number of ether oxygens (including phenoxy) is 1. The number of benzene rings is 3. The number of amides is 3. The molecule has 3 aromatic rings. The zero-order chi connectivity index (χ0) is 31.0. The van der Waals surface area contributed by atoms with Gasteiger partial charge in [0.1, 0.15) is 11.8 Å². The smallest absolute Gasteiger partial charge is 0.248 e. The summed E-state index contributed by atoms with van der Waals surface area (Å²) in [7, 11) is 0. The van der Waals surface area contributed by atoms with E-state index in [9.17, 15) is 19.5 Å². The van der Waals surface area contributed by atoms with Crippen molar-refractivity contribution in [3.63, 3.8) is 0 Å². The van der Waals surface area contributed by atoms with Crippen molar-refractivity contribution in [2.24, 2.45) is 11.8 Å². The fourth-order valence-electron chi connectivity index (χ4n) is 7.23. The second-order valence-corrected chi connectivity index (χ2v) is 13.7. The lowest BCUT2D eigenvalue weighted by atomic mass is 9.70. The number of hydrogen-bond acceptors (Lipinski definition) is 6. The normalized spacial score (nSPS) is 25.9. The number of carbonyl (C=O) groups excluding carboxylic acids is 3. The number of para-hydroxylation sites is 1. The number of carbonyl (C=O) groups is 3. The highest BCUT2D eigenvalue weighted by atomic mass is 35.5. The number of nitrogens with zero attached hydrogens (tertiary/aromatic N) is 1. The van der Waals surface area contributed by atoms with Crippen LogP contribution < -0.4 is 15.4 Å². The molecule has 3 aromatic carbocycles. The van der Waals surface area contributed by atoms with Gasteiger partial charge >= 0.3 is 0 Å². The molecule has 3 heterocycles. The van der Waals surface area contributed by atoms with Gasteiger partial charge in [0.15, 0.2) is 0 Å². The van der Waals surface area contributed by atoms with Crippen molar-refractivity contribution in [3.8, 4) is 5.75 Å². The Morgan fingerprint density at radius 2 is 1.82 bits per heavy atom. The van der Waals surface area contributed by atoms with Crippen LogP contribution in [0.4, 0.5) is 11.4 Å². The molecule has 1 spiro atoms. The Hall–Kier alpha value is -3.53. The predicted molar refractivity (Wildman–Crippen MR) is 173 cm³/mol. The van der Waals surface area contributed by atoms with Gasteiger partial charge in [-0.15, -0.1) is 11.8 Å². The minimum absolute atomic E-state index is 0.104. The zero-order valence-electron chi connectivity index (χ0n) is 24.7. The highest BCUT2D eigenvalue weighted by Gasteiger charge is 2.74. The Labute approximate surface area is 266 Å². The molecular formula is C34H36ClN3O5S. The lowest BCUT2D eigenvalue weighted by Gasteiger charge is -2.37. The maximum atomic E-state index is 14.5. The van der Waals surface area contributed by atoms with E-state index in [1.807, 2.05) is 56.3 Å². The molecule has 8 nitrogen and oxygen atoms in total. The first-order valence-electron chi connectivity index (χ1n) is 15.0. The first-order valence-corrected chi connectivity index (χ1v) is 16.3. The number of aliphatic hydroxyl groups is 1. The molecule has 3 fully saturated rings. The van der Waals surface area contributed by atoms with E-state index in [1.54, 1.807) is 47.0 Å². The van der Waals surface area contributed by atoms with Crippen molar-refractivity contribution in [2.75, 3.05) is 23.8 Å². The number of likely N-dealkylation sites (tertiary alicyclic amines) is 1. The van der Waals surface area contributed by atoms with Crippen molar-refractivity contribution >= 4 is 52.5 Å². The summed E-state index contributed by atoms with van der Waals surface area (Å²) in [6.45, 7) is 3.99. The van der Waals surface area contributed by atoms with Crippen molar-refractivity contribution in [1.82, 2.24) is 4.90 Å². The number of aliphatic hydroxyl groups excluding tert-OH is 1. The van der Waals surface area contributed by atoms with Gasteiger partial charge in [0.25, 0.3) is 0 Å². The van der Waals surface area contributed by atoms with Crippen LogP contribution in [-0.2, 0) is 20.8 Å². The van der Waals surface area contributed by atoms with Crippen LogP contribution in [0.3, 0.4) is 0 Å². The molecule has 0 radical (unpaired) electrons. The molecule has 6 rings (SSSR count). The van der Waals surface area contributed by atoms with Gasteiger partial charge < -0.3 is 25.4 Å². The second-order valence-electron chi connectivity index (χ2n) is 11.7. The summed E-state index contributed by atoms with van der Waals surface area (Å²) in [5.41, 5.74) is 2.85. The Kier molecular flexibility index (Phi) is 8.64. The molecule has 44 heavy (non-hydrogen) atoms. The summed E-state index contributed by atoms with van der Waals surface area (Å²) in [4.78, 5) is 44.4. The van der Waals surface area contributed by atoms with E-state index in [0.717, 1.165) is 11.1 Å². The van der Waals surface area contributed by atoms with E-state index in [2.05, 4.69) is 10.6 Å². The minimum Gasteiger partial charge on any atom is -0.494 e. The molecule has 3 amide bonds. The van der Waals surface area contributed by atoms with Gasteiger partial charge in [-0.1, -0.05) is 54.1 Å². The summed E-state index contributed by atoms with van der Waals surface area (Å²) in [5, 5.41) is 17.0. The molecule has 3 N–H and O–H groups in total. The predicted octanol–water partition coefficient (Wildman–Crippen LogP) is 5.32. The van der Waals surface area contributed by atoms with Crippen LogP contribution in [0, 0.1) is 18.8 Å². The maximum Gasteiger partial charge on any atom is 0.248 e. The Morgan fingerprint density at radius 1 is 1.07 bits per heavy atom. The third kappa shape index (κ3) is 5.35. The SMILES string of the molecule is CCOc1ccc(NC(=O)[C@@H]2[C@H]3C(=O)N([C@@H](CO)Cc4ccccc4)C(C(=O)Nc4c(C)cccc4Cl)C34CC[C@H]2S4)cc1. The van der Waals surface area contributed by atoms with Gasteiger partial charge in [0.2, 0.25) is 17.7 Å². The van der Waals surface area contributed by atoms with Crippen LogP contribution in [0.2, 0.25) is 5.02 Å². The van der Waals surface area contributed by atoms with E-state index >= 15 is 0 Å². The van der Waals surface area contributed by atoms with Crippen LogP contribution in [-0.4, -0.2) is 63.0 Å². The molecule has 10 heteroatoms. The van der Waals surface area contributed by atoms with Gasteiger partial charge in [0.05, 0.1) is 46.5 Å². The van der Waals surface area contributed by atoms with E-state index < -0.39 is 28.7 Å². The van der Waals surface area contributed by atoms with Crippen LogP contribution in [0.5, 0.6) is 5.75 Å². The molecule has 0 aromatic heterocycles. The second kappa shape index (κ2) is 12.5. The van der Waals surface area contributed by atoms with Crippen LogP contribution >= 0.6 is 23.4 Å². The van der Waals surface area contributed by atoms with E-state index in [0.29, 0.717) is 48.0 Å². The first kappa shape index (κ1) is 30.5. The van der Waals surface area contributed by atoms with Gasteiger partial charge in [0, 0.05) is 10.9 Å². The Balaban J connectivity index is 1.35. The summed E-state index contributed by atoms with van der Waals surface area (Å²) in [5.74, 6) is -1.48. The van der Waals surface area contributed by atoms with Crippen molar-refractivity contribution in [3.05, 3.63) is 88.9 Å². The summed E-state index contributed by atoms with van der Waals surface area (Å²) in [6.07, 6.45) is 1.70. The Morgan fingerprint density at radius 3 is 2.50 bits per heavy atom. The molecule has 2 bridgehead atoms. The van der Waals surface area contributed by atoms with Crippen molar-refractivity contribution in [1.29, 1.82) is 0 Å². The largest absolute Gasteiger partial charge is 0.494 e. The van der Waals surface area contributed by atoms with Crippen molar-refractivity contribution < 1.29 is 24.2 Å². The highest BCUT2D eigenvalue weighted by molar-refractivity contribution is 8.02. The molecule has 0 saturated carbocycles. The number of anilines is 2. The third-order valence-electron chi connectivity index (χ3n) is 9.11. The standard InChI is InChI=1S/C34H36ClN3O5S/c1-3-43-24-14-12-22(13-15-24)36-31(40)27-26-16-17-34(44-26)28(27)33(42)38(23(19-39)18-21-9-5-4-6-10-21)30(34)32(41)37-29-20(2)8-7-11-25(29)35/h4-15,23,26-28,30,39H,3,16-19H2,1-2H3,(H,36,40)(H,37,41)/t23-,26-,27+,28+,30?,34?/m1/s1. The van der Waals surface area contributed by atoms with Crippen LogP contribution in [0.25, 0.3) is 0 Å².